The number of nitrogens with zero attached hydrogens (tertiary/aromatic N) is 1. The number of amides is 1. The highest BCUT2D eigenvalue weighted by molar-refractivity contribution is 5.88. The molecule has 0 saturated heterocycles. The monoisotopic (exact) mass is 249 g/mol. The van der Waals surface area contributed by atoms with Gasteiger partial charge in [0.25, 0.3) is 0 Å². The number of hydrogen-bond acceptors (Lipinski definition) is 3. The predicted octanol–water partition coefficient (Wildman–Crippen LogP) is 1.86. The fourth-order valence-electron chi connectivity index (χ4n) is 1.71. The minimum absolute atomic E-state index is 0.0413. The van der Waals surface area contributed by atoms with Gasteiger partial charge < -0.3 is 15.5 Å². The molecule has 1 unspecified atom stereocenters. The van der Waals surface area contributed by atoms with E-state index in [2.05, 4.69) is 42.6 Å². The van der Waals surface area contributed by atoms with Crippen LogP contribution in [-0.4, -0.2) is 38.0 Å². The summed E-state index contributed by atoms with van der Waals surface area (Å²) in [5.74, 6) is -0.0413. The van der Waals surface area contributed by atoms with Crippen LogP contribution < -0.4 is 10.6 Å². The first-order valence-electron chi connectivity index (χ1n) is 6.24. The zero-order chi connectivity index (χ0) is 13.5. The summed E-state index contributed by atoms with van der Waals surface area (Å²) in [4.78, 5) is 13.2. The number of rotatable bonds is 6. The highest BCUT2D eigenvalue weighted by Gasteiger charge is 2.05. The minimum Gasteiger partial charge on any atom is -0.326 e. The Morgan fingerprint density at radius 2 is 2.11 bits per heavy atom. The van der Waals surface area contributed by atoms with E-state index >= 15 is 0 Å². The van der Waals surface area contributed by atoms with Crippen LogP contribution in [0, 0.1) is 0 Å². The second kappa shape index (κ2) is 7.13. The van der Waals surface area contributed by atoms with Crippen LogP contribution in [0.3, 0.4) is 0 Å². The van der Waals surface area contributed by atoms with Crippen LogP contribution in [0.5, 0.6) is 0 Å². The van der Waals surface area contributed by atoms with Crippen molar-refractivity contribution in [2.75, 3.05) is 32.5 Å². The summed E-state index contributed by atoms with van der Waals surface area (Å²) in [5.41, 5.74) is 2.03. The number of anilines is 1. The molecule has 1 aromatic rings. The van der Waals surface area contributed by atoms with Crippen molar-refractivity contribution in [3.63, 3.8) is 0 Å². The van der Waals surface area contributed by atoms with Crippen LogP contribution in [0.1, 0.15) is 25.5 Å². The molecule has 100 valence electrons. The summed E-state index contributed by atoms with van der Waals surface area (Å²) >= 11 is 0. The Kier molecular flexibility index (Phi) is 5.82. The van der Waals surface area contributed by atoms with E-state index in [1.165, 1.54) is 12.5 Å². The fraction of sp³-hybridized carbons (Fsp3) is 0.500. The Bertz CT molecular complexity index is 390. The molecule has 0 radical (unpaired) electrons. The Morgan fingerprint density at radius 1 is 1.39 bits per heavy atom. The first-order valence-corrected chi connectivity index (χ1v) is 6.24. The topological polar surface area (TPSA) is 44.4 Å². The number of carbonyl (C=O) groups excluding carboxylic acids is 1. The molecule has 0 aliphatic rings. The largest absolute Gasteiger partial charge is 0.326 e. The van der Waals surface area contributed by atoms with Gasteiger partial charge in [0.1, 0.15) is 0 Å². The van der Waals surface area contributed by atoms with Gasteiger partial charge in [-0.3, -0.25) is 4.79 Å². The summed E-state index contributed by atoms with van der Waals surface area (Å²) in [6, 6.07) is 8.22. The summed E-state index contributed by atoms with van der Waals surface area (Å²) in [6.07, 6.45) is 0. The summed E-state index contributed by atoms with van der Waals surface area (Å²) in [6.45, 7) is 5.60. The number of nitrogens with one attached hydrogen (secondary N) is 2. The molecule has 4 nitrogen and oxygen atoms in total. The van der Waals surface area contributed by atoms with Crippen molar-refractivity contribution in [3.8, 4) is 0 Å². The molecule has 1 amide bonds. The van der Waals surface area contributed by atoms with Crippen LogP contribution in [0.15, 0.2) is 24.3 Å². The van der Waals surface area contributed by atoms with Gasteiger partial charge in [-0.1, -0.05) is 12.1 Å². The Labute approximate surface area is 109 Å². The van der Waals surface area contributed by atoms with Gasteiger partial charge in [0.05, 0.1) is 0 Å². The minimum atomic E-state index is -0.0413. The molecule has 0 aromatic heterocycles. The van der Waals surface area contributed by atoms with Gasteiger partial charge in [0.15, 0.2) is 0 Å². The molecule has 2 N–H and O–H groups in total. The third kappa shape index (κ3) is 5.29. The quantitative estimate of drug-likeness (QED) is 0.809. The summed E-state index contributed by atoms with van der Waals surface area (Å²) in [5, 5.41) is 6.26. The number of likely N-dealkylation sites (N-methyl/N-ethyl adjacent to an activating group) is 1. The van der Waals surface area contributed by atoms with Crippen molar-refractivity contribution in [2.45, 2.75) is 19.9 Å². The number of benzene rings is 1. The van der Waals surface area contributed by atoms with Crippen molar-refractivity contribution in [3.05, 3.63) is 29.8 Å². The zero-order valence-electron chi connectivity index (χ0n) is 11.7. The van der Waals surface area contributed by atoms with Gasteiger partial charge in [-0.05, 0) is 38.7 Å². The summed E-state index contributed by atoms with van der Waals surface area (Å²) < 4.78 is 0. The van der Waals surface area contributed by atoms with Crippen LogP contribution in [0.25, 0.3) is 0 Å². The van der Waals surface area contributed by atoms with Crippen molar-refractivity contribution in [1.82, 2.24) is 10.2 Å². The highest BCUT2D eigenvalue weighted by atomic mass is 16.1. The van der Waals surface area contributed by atoms with Crippen LogP contribution in [-0.2, 0) is 4.79 Å². The maximum Gasteiger partial charge on any atom is 0.221 e. The van der Waals surface area contributed by atoms with Crippen molar-refractivity contribution < 1.29 is 4.79 Å². The van der Waals surface area contributed by atoms with Gasteiger partial charge in [-0.2, -0.15) is 0 Å². The van der Waals surface area contributed by atoms with Gasteiger partial charge in [-0.25, -0.2) is 0 Å². The second-order valence-electron chi connectivity index (χ2n) is 4.79. The molecular formula is C14H23N3O. The van der Waals surface area contributed by atoms with E-state index in [0.717, 1.165) is 18.8 Å². The number of hydrogen-bond donors (Lipinski definition) is 2. The predicted molar refractivity (Wildman–Crippen MR) is 75.7 cm³/mol. The molecule has 0 saturated carbocycles. The van der Waals surface area contributed by atoms with E-state index in [-0.39, 0.29) is 11.9 Å². The molecule has 0 fully saturated rings. The molecule has 0 aliphatic carbocycles. The molecule has 0 aliphatic heterocycles. The first-order chi connectivity index (χ1) is 8.49. The number of carbonyl (C=O) groups is 1. The molecular weight excluding hydrogens is 226 g/mol. The molecule has 1 atom stereocenters. The van der Waals surface area contributed by atoms with E-state index < -0.39 is 0 Å². The van der Waals surface area contributed by atoms with Crippen molar-refractivity contribution in [2.24, 2.45) is 0 Å². The van der Waals surface area contributed by atoms with Crippen LogP contribution in [0.2, 0.25) is 0 Å². The van der Waals surface area contributed by atoms with E-state index in [1.807, 2.05) is 18.2 Å². The van der Waals surface area contributed by atoms with Gasteiger partial charge in [-0.15, -0.1) is 0 Å². The molecule has 1 rings (SSSR count). The van der Waals surface area contributed by atoms with Gasteiger partial charge in [0, 0.05) is 31.7 Å². The first kappa shape index (κ1) is 14.7. The maximum atomic E-state index is 11.0. The van der Waals surface area contributed by atoms with E-state index in [0.29, 0.717) is 0 Å². The third-order valence-electron chi connectivity index (χ3n) is 2.72. The zero-order valence-corrected chi connectivity index (χ0v) is 11.7. The summed E-state index contributed by atoms with van der Waals surface area (Å²) in [7, 11) is 4.12. The van der Waals surface area contributed by atoms with E-state index in [1.54, 1.807) is 0 Å². The molecule has 18 heavy (non-hydrogen) atoms. The van der Waals surface area contributed by atoms with Gasteiger partial charge >= 0.3 is 0 Å². The van der Waals surface area contributed by atoms with Gasteiger partial charge in [0.2, 0.25) is 5.91 Å². The lowest BCUT2D eigenvalue weighted by molar-refractivity contribution is -0.114. The molecule has 1 aromatic carbocycles. The van der Waals surface area contributed by atoms with Crippen LogP contribution in [0.4, 0.5) is 5.69 Å². The highest BCUT2D eigenvalue weighted by Crippen LogP contribution is 2.17. The van der Waals surface area contributed by atoms with Crippen molar-refractivity contribution >= 4 is 11.6 Å². The lowest BCUT2D eigenvalue weighted by atomic mass is 10.1. The van der Waals surface area contributed by atoms with E-state index in [4.69, 9.17) is 0 Å². The molecule has 0 spiro atoms. The maximum absolute atomic E-state index is 11.0. The molecule has 4 heteroatoms. The fourth-order valence-corrected chi connectivity index (χ4v) is 1.71. The lowest BCUT2D eigenvalue weighted by Gasteiger charge is -2.17. The Balaban J connectivity index is 2.56. The molecule has 0 bridgehead atoms. The third-order valence-corrected chi connectivity index (χ3v) is 2.72. The van der Waals surface area contributed by atoms with Crippen LogP contribution >= 0.6 is 0 Å². The lowest BCUT2D eigenvalue weighted by Crippen LogP contribution is -2.28. The normalized spacial score (nSPS) is 12.5. The standard InChI is InChI=1S/C14H23N3O/c1-11(15-8-9-17(3)4)13-6-5-7-14(10-13)16-12(2)18/h5-7,10-11,15H,8-9H2,1-4H3,(H,16,18). The second-order valence-corrected chi connectivity index (χ2v) is 4.79. The average molecular weight is 249 g/mol. The average Bonchev–Trinajstić information content (AvgIpc) is 2.27. The Hall–Kier alpha value is -1.39. The van der Waals surface area contributed by atoms with E-state index in [9.17, 15) is 4.79 Å². The smallest absolute Gasteiger partial charge is 0.221 e. The van der Waals surface area contributed by atoms with Crippen molar-refractivity contribution in [1.29, 1.82) is 0 Å². The Morgan fingerprint density at radius 3 is 2.72 bits per heavy atom. The SMILES string of the molecule is CC(=O)Nc1cccc(C(C)NCCN(C)C)c1. The molecule has 0 heterocycles.